The highest BCUT2D eigenvalue weighted by atomic mass is 16.5. The molecule has 3 N–H and O–H groups in total. The number of rotatable bonds is 48. The smallest absolute Gasteiger partial charge is 0.306 e. The van der Waals surface area contributed by atoms with Crippen molar-refractivity contribution in [2.45, 2.75) is 302 Å². The Balaban J connectivity index is 4.56. The van der Waals surface area contributed by atoms with Crippen molar-refractivity contribution in [3.63, 3.8) is 0 Å². The number of hydrogen-bond donors (Lipinski definition) is 3. The van der Waals surface area contributed by atoms with E-state index in [9.17, 15) is 19.8 Å². The summed E-state index contributed by atoms with van der Waals surface area (Å²) in [6, 6.07) is -0.698. The van der Waals surface area contributed by atoms with Crippen molar-refractivity contribution >= 4 is 11.9 Å². The molecule has 60 heavy (non-hydrogen) atoms. The van der Waals surface area contributed by atoms with E-state index in [0.29, 0.717) is 19.3 Å². The molecule has 0 saturated carbocycles. The lowest BCUT2D eigenvalue weighted by Gasteiger charge is -2.24. The van der Waals surface area contributed by atoms with E-state index in [2.05, 4.69) is 50.4 Å². The molecule has 0 bridgehead atoms. The summed E-state index contributed by atoms with van der Waals surface area (Å²) in [5, 5.41) is 23.7. The van der Waals surface area contributed by atoms with E-state index < -0.39 is 18.2 Å². The first-order chi connectivity index (χ1) is 29.5. The third kappa shape index (κ3) is 43.0. The molecule has 3 atom stereocenters. The summed E-state index contributed by atoms with van der Waals surface area (Å²) in [6.45, 7) is 6.46. The van der Waals surface area contributed by atoms with Crippen molar-refractivity contribution < 1.29 is 24.5 Å². The fourth-order valence-corrected chi connectivity index (χ4v) is 8.25. The van der Waals surface area contributed by atoms with Gasteiger partial charge in [-0.15, -0.1) is 0 Å². The molecule has 0 spiro atoms. The maximum atomic E-state index is 13.2. The zero-order valence-corrected chi connectivity index (χ0v) is 40.4. The molecule has 0 heterocycles. The predicted octanol–water partition coefficient (Wildman–Crippen LogP) is 15.9. The number of allylic oxidation sites excluding steroid dienone is 4. The molecular weight excluding hydrogens is 743 g/mol. The van der Waals surface area contributed by atoms with Crippen LogP contribution in [-0.4, -0.2) is 46.9 Å². The Bertz CT molecular complexity index is 950. The highest BCUT2D eigenvalue weighted by Gasteiger charge is 2.24. The quantitative estimate of drug-likeness (QED) is 0.0322. The van der Waals surface area contributed by atoms with E-state index in [1.807, 2.05) is 0 Å². The maximum Gasteiger partial charge on any atom is 0.306 e. The van der Waals surface area contributed by atoms with Crippen LogP contribution in [0.1, 0.15) is 284 Å². The van der Waals surface area contributed by atoms with Gasteiger partial charge in [0, 0.05) is 6.42 Å². The molecule has 6 heteroatoms. The summed E-state index contributed by atoms with van der Waals surface area (Å²) in [5.41, 5.74) is 0. The Labute approximate surface area is 373 Å². The zero-order valence-electron chi connectivity index (χ0n) is 40.4. The van der Waals surface area contributed by atoms with Gasteiger partial charge in [0.2, 0.25) is 5.91 Å². The van der Waals surface area contributed by atoms with E-state index in [-0.39, 0.29) is 24.9 Å². The second-order valence-corrected chi connectivity index (χ2v) is 18.3. The number of unbranched alkanes of at least 4 members (excludes halogenated alkanes) is 33. The number of ether oxygens (including phenoxy) is 1. The lowest BCUT2D eigenvalue weighted by atomic mass is 10.0. The molecule has 3 unspecified atom stereocenters. The Morgan fingerprint density at radius 3 is 1.27 bits per heavy atom. The minimum atomic E-state index is -0.784. The molecule has 354 valence electrons. The summed E-state index contributed by atoms with van der Waals surface area (Å²) >= 11 is 0. The van der Waals surface area contributed by atoms with Crippen molar-refractivity contribution in [3.8, 4) is 0 Å². The Kier molecular flexibility index (Phi) is 47.0. The van der Waals surface area contributed by atoms with Crippen molar-refractivity contribution in [3.05, 3.63) is 24.3 Å². The lowest BCUT2D eigenvalue weighted by Crippen LogP contribution is -2.46. The Morgan fingerprint density at radius 1 is 0.483 bits per heavy atom. The van der Waals surface area contributed by atoms with Gasteiger partial charge in [-0.2, -0.15) is 0 Å². The third-order valence-electron chi connectivity index (χ3n) is 12.3. The molecule has 0 aromatic carbocycles. The number of hydrogen-bond acceptors (Lipinski definition) is 5. The predicted molar refractivity (Wildman–Crippen MR) is 260 cm³/mol. The number of nitrogens with one attached hydrogen (secondary N) is 1. The molecular formula is C54H103NO5. The highest BCUT2D eigenvalue weighted by Crippen LogP contribution is 2.18. The average molecular weight is 846 g/mol. The van der Waals surface area contributed by atoms with E-state index in [4.69, 9.17) is 4.74 Å². The molecule has 0 aliphatic rings. The van der Waals surface area contributed by atoms with Crippen LogP contribution in [0.25, 0.3) is 0 Å². The second kappa shape index (κ2) is 48.4. The van der Waals surface area contributed by atoms with Gasteiger partial charge in [-0.3, -0.25) is 9.59 Å². The van der Waals surface area contributed by atoms with Crippen molar-refractivity contribution in [1.82, 2.24) is 5.32 Å². The van der Waals surface area contributed by atoms with Gasteiger partial charge in [0.05, 0.1) is 25.2 Å². The van der Waals surface area contributed by atoms with Crippen LogP contribution in [0.4, 0.5) is 0 Å². The number of carbonyl (C=O) groups is 2. The Hall–Kier alpha value is -1.66. The van der Waals surface area contributed by atoms with E-state index in [1.54, 1.807) is 0 Å². The number of aliphatic hydroxyl groups excluding tert-OH is 2. The Morgan fingerprint density at radius 2 is 0.833 bits per heavy atom. The minimum absolute atomic E-state index is 0.0784. The molecule has 0 saturated heterocycles. The number of amides is 1. The van der Waals surface area contributed by atoms with Gasteiger partial charge in [0.15, 0.2) is 0 Å². The molecule has 1 amide bonds. The van der Waals surface area contributed by atoms with Crippen molar-refractivity contribution in [1.29, 1.82) is 0 Å². The normalized spacial score (nSPS) is 13.3. The topological polar surface area (TPSA) is 95.9 Å². The van der Waals surface area contributed by atoms with Crippen LogP contribution in [0.15, 0.2) is 24.3 Å². The first kappa shape index (κ1) is 58.3. The van der Waals surface area contributed by atoms with Crippen LogP contribution in [-0.2, 0) is 14.3 Å². The molecule has 0 aromatic heterocycles. The first-order valence-electron chi connectivity index (χ1n) is 26.6. The summed E-state index contributed by atoms with van der Waals surface area (Å²) in [5.74, 6) is -0.472. The fourth-order valence-electron chi connectivity index (χ4n) is 8.25. The maximum absolute atomic E-state index is 13.2. The molecule has 6 nitrogen and oxygen atoms in total. The van der Waals surface area contributed by atoms with E-state index >= 15 is 0 Å². The number of esters is 1. The molecule has 0 aliphatic carbocycles. The van der Waals surface area contributed by atoms with Crippen LogP contribution < -0.4 is 5.32 Å². The van der Waals surface area contributed by atoms with Gasteiger partial charge in [-0.25, -0.2) is 0 Å². The fraction of sp³-hybridized carbons (Fsp3) is 0.889. The monoisotopic (exact) mass is 846 g/mol. The number of carbonyl (C=O) groups excluding carboxylic acids is 2. The number of aliphatic hydroxyl groups is 2. The van der Waals surface area contributed by atoms with Gasteiger partial charge in [-0.1, -0.05) is 244 Å². The van der Waals surface area contributed by atoms with Crippen LogP contribution in [0.2, 0.25) is 0 Å². The summed E-state index contributed by atoms with van der Waals surface area (Å²) in [6.07, 6.45) is 55.2. The summed E-state index contributed by atoms with van der Waals surface area (Å²) in [7, 11) is 0. The van der Waals surface area contributed by atoms with Crippen molar-refractivity contribution in [2.24, 2.45) is 0 Å². The van der Waals surface area contributed by atoms with Gasteiger partial charge in [0.1, 0.15) is 6.10 Å². The molecule has 0 aliphatic heterocycles. The van der Waals surface area contributed by atoms with Gasteiger partial charge >= 0.3 is 5.97 Å². The second-order valence-electron chi connectivity index (χ2n) is 18.3. The van der Waals surface area contributed by atoms with E-state index in [1.165, 1.54) is 186 Å². The van der Waals surface area contributed by atoms with Crippen LogP contribution in [0.3, 0.4) is 0 Å². The SMILES string of the molecule is CCCCC/C=C/C=C/CCCCCCCCC(=O)OC(CCCCCCCCCCCCCCCCCC)CC(=O)NC(CO)C(O)CCCCCCCCCCCC. The largest absolute Gasteiger partial charge is 0.462 e. The summed E-state index contributed by atoms with van der Waals surface area (Å²) in [4.78, 5) is 26.2. The first-order valence-corrected chi connectivity index (χ1v) is 26.6. The van der Waals surface area contributed by atoms with Crippen molar-refractivity contribution in [2.75, 3.05) is 6.61 Å². The standard InChI is InChI=1S/C54H103NO5/c1-4-7-10-13-16-19-22-24-26-28-29-31-33-36-39-42-45-50(60-54(59)47-44-41-38-35-32-30-27-25-23-20-17-14-11-8-5-2)48-53(58)55-51(49-56)52(57)46-43-40-37-34-21-18-15-12-9-6-3/h17,20,23,25,50-52,56-57H,4-16,18-19,21-22,24,26-49H2,1-3H3,(H,55,58)/b20-17+,25-23+. The lowest BCUT2D eigenvalue weighted by molar-refractivity contribution is -0.151. The highest BCUT2D eigenvalue weighted by molar-refractivity contribution is 5.77. The van der Waals surface area contributed by atoms with Crippen LogP contribution >= 0.6 is 0 Å². The van der Waals surface area contributed by atoms with Crippen LogP contribution in [0.5, 0.6) is 0 Å². The van der Waals surface area contributed by atoms with Gasteiger partial charge in [-0.05, 0) is 51.4 Å². The third-order valence-corrected chi connectivity index (χ3v) is 12.3. The molecule has 0 fully saturated rings. The zero-order chi connectivity index (χ0) is 43.8. The molecule has 0 radical (unpaired) electrons. The minimum Gasteiger partial charge on any atom is -0.462 e. The van der Waals surface area contributed by atoms with Gasteiger partial charge < -0.3 is 20.3 Å². The average Bonchev–Trinajstić information content (AvgIpc) is 3.24. The van der Waals surface area contributed by atoms with E-state index in [0.717, 1.165) is 51.4 Å². The van der Waals surface area contributed by atoms with Gasteiger partial charge in [0.25, 0.3) is 0 Å². The summed E-state index contributed by atoms with van der Waals surface area (Å²) < 4.78 is 5.94. The molecule has 0 aromatic rings. The molecule has 0 rings (SSSR count). The van der Waals surface area contributed by atoms with Crippen LogP contribution in [0, 0.1) is 0 Å².